The summed E-state index contributed by atoms with van der Waals surface area (Å²) in [5, 5.41) is 3.89. The van der Waals surface area contributed by atoms with Crippen LogP contribution in [0, 0.1) is 0 Å². The molecule has 3 N–H and O–H groups in total. The van der Waals surface area contributed by atoms with Gasteiger partial charge in [-0.2, -0.15) is 18.3 Å². The summed E-state index contributed by atoms with van der Waals surface area (Å²) >= 11 is 0. The lowest BCUT2D eigenvalue weighted by Gasteiger charge is -2.06. The van der Waals surface area contributed by atoms with Crippen LogP contribution in [0.2, 0.25) is 0 Å². The Hall–Kier alpha value is -1.13. The van der Waals surface area contributed by atoms with Gasteiger partial charge in [0.2, 0.25) is 10.0 Å². The van der Waals surface area contributed by atoms with E-state index in [0.717, 1.165) is 0 Å². The molecule has 21 heavy (non-hydrogen) atoms. The highest BCUT2D eigenvalue weighted by molar-refractivity contribution is 7.89. The number of halogens is 3. The zero-order valence-electron chi connectivity index (χ0n) is 11.4. The summed E-state index contributed by atoms with van der Waals surface area (Å²) in [6.07, 6.45) is -1.86. The molecular formula is C11H19F3N4O2S. The quantitative estimate of drug-likeness (QED) is 0.668. The number of aromatic nitrogens is 2. The Kier molecular flexibility index (Phi) is 6.62. The van der Waals surface area contributed by atoms with Crippen LogP contribution >= 0.6 is 0 Å². The van der Waals surface area contributed by atoms with Crippen LogP contribution in [0.15, 0.2) is 17.3 Å². The lowest BCUT2D eigenvalue weighted by molar-refractivity contribution is -0.135. The molecule has 0 fully saturated rings. The number of nitrogens with zero attached hydrogens (tertiary/aromatic N) is 2. The largest absolute Gasteiger partial charge is 0.389 e. The van der Waals surface area contributed by atoms with Crippen LogP contribution < -0.4 is 10.5 Å². The number of unbranched alkanes of at least 4 members (excludes halogenated alkanes) is 1. The van der Waals surface area contributed by atoms with Gasteiger partial charge in [0.1, 0.15) is 4.90 Å². The molecule has 0 atom stereocenters. The molecule has 0 aliphatic rings. The first-order valence-corrected chi connectivity index (χ1v) is 8.02. The number of hydrogen-bond donors (Lipinski definition) is 2. The molecule has 122 valence electrons. The predicted octanol–water partition coefficient (Wildman–Crippen LogP) is 1.24. The number of sulfonamides is 1. The summed E-state index contributed by atoms with van der Waals surface area (Å²) in [5.74, 6) is 0. The van der Waals surface area contributed by atoms with Gasteiger partial charge in [0, 0.05) is 25.7 Å². The van der Waals surface area contributed by atoms with Crippen molar-refractivity contribution in [2.24, 2.45) is 5.73 Å². The lowest BCUT2D eigenvalue weighted by Crippen LogP contribution is -2.24. The van der Waals surface area contributed by atoms with Gasteiger partial charge in [0.05, 0.1) is 6.20 Å². The van der Waals surface area contributed by atoms with Crippen LogP contribution in [0.1, 0.15) is 25.7 Å². The highest BCUT2D eigenvalue weighted by Crippen LogP contribution is 2.21. The van der Waals surface area contributed by atoms with Crippen LogP contribution in [0.5, 0.6) is 0 Å². The molecule has 1 aromatic rings. The Morgan fingerprint density at radius 3 is 2.62 bits per heavy atom. The summed E-state index contributed by atoms with van der Waals surface area (Å²) < 4.78 is 63.2. The van der Waals surface area contributed by atoms with Crippen molar-refractivity contribution >= 4 is 10.0 Å². The average Bonchev–Trinajstić information content (AvgIpc) is 2.84. The van der Waals surface area contributed by atoms with E-state index in [4.69, 9.17) is 5.73 Å². The number of rotatable bonds is 9. The highest BCUT2D eigenvalue weighted by Gasteiger charge is 2.26. The Labute approximate surface area is 121 Å². The zero-order valence-corrected chi connectivity index (χ0v) is 12.3. The van der Waals surface area contributed by atoms with E-state index in [0.29, 0.717) is 19.5 Å². The molecule has 0 saturated carbocycles. The first kappa shape index (κ1) is 17.9. The Balaban J connectivity index is 2.41. The monoisotopic (exact) mass is 328 g/mol. The molecule has 0 aliphatic carbocycles. The Morgan fingerprint density at radius 2 is 2.00 bits per heavy atom. The van der Waals surface area contributed by atoms with Crippen LogP contribution in [0.4, 0.5) is 13.2 Å². The smallest absolute Gasteiger partial charge is 0.330 e. The number of alkyl halides is 3. The third-order valence-electron chi connectivity index (χ3n) is 2.69. The van der Waals surface area contributed by atoms with Gasteiger partial charge >= 0.3 is 6.18 Å². The molecule has 10 heteroatoms. The van der Waals surface area contributed by atoms with Crippen molar-refractivity contribution in [2.45, 2.75) is 43.3 Å². The standard InChI is InChI=1S/C11H19F3N4O2S/c12-11(13,14)4-1-2-6-17-21(19,20)10-8-16-18(9-10)7-3-5-15/h8-9,17H,1-7,15H2. The minimum absolute atomic E-state index is 0.00431. The van der Waals surface area contributed by atoms with E-state index in [9.17, 15) is 21.6 Å². The first-order valence-electron chi connectivity index (χ1n) is 6.53. The van der Waals surface area contributed by atoms with Gasteiger partial charge in [-0.3, -0.25) is 4.68 Å². The fourth-order valence-electron chi connectivity index (χ4n) is 1.60. The van der Waals surface area contributed by atoms with Crippen molar-refractivity contribution in [1.82, 2.24) is 14.5 Å². The molecule has 0 aliphatic heterocycles. The van der Waals surface area contributed by atoms with Crippen LogP contribution in [-0.4, -0.2) is 37.5 Å². The van der Waals surface area contributed by atoms with Crippen LogP contribution in [0.25, 0.3) is 0 Å². The number of nitrogens with two attached hydrogens (primary N) is 1. The molecule has 0 radical (unpaired) electrons. The lowest BCUT2D eigenvalue weighted by atomic mass is 10.2. The Bertz CT molecular complexity index is 528. The van der Waals surface area contributed by atoms with Crippen molar-refractivity contribution in [3.63, 3.8) is 0 Å². The van der Waals surface area contributed by atoms with E-state index in [-0.39, 0.29) is 24.3 Å². The maximum Gasteiger partial charge on any atom is 0.389 e. The van der Waals surface area contributed by atoms with Crippen LogP contribution in [0.3, 0.4) is 0 Å². The maximum atomic E-state index is 11.9. The molecular weight excluding hydrogens is 309 g/mol. The molecule has 0 spiro atoms. The summed E-state index contributed by atoms with van der Waals surface area (Å²) in [4.78, 5) is -0.00431. The van der Waals surface area contributed by atoms with Crippen LogP contribution in [-0.2, 0) is 16.6 Å². The van der Waals surface area contributed by atoms with E-state index < -0.39 is 22.6 Å². The van der Waals surface area contributed by atoms with Gasteiger partial charge in [-0.25, -0.2) is 13.1 Å². The van der Waals surface area contributed by atoms with Gasteiger partial charge < -0.3 is 5.73 Å². The fraction of sp³-hybridized carbons (Fsp3) is 0.727. The number of aryl methyl sites for hydroxylation is 1. The van der Waals surface area contributed by atoms with E-state index in [2.05, 4.69) is 9.82 Å². The minimum Gasteiger partial charge on any atom is -0.330 e. The van der Waals surface area contributed by atoms with Gasteiger partial charge in [0.25, 0.3) is 0 Å². The summed E-state index contributed by atoms with van der Waals surface area (Å²) in [6.45, 7) is 0.948. The second-order valence-corrected chi connectivity index (χ2v) is 6.32. The average molecular weight is 328 g/mol. The van der Waals surface area contributed by atoms with E-state index in [1.807, 2.05) is 0 Å². The molecule has 6 nitrogen and oxygen atoms in total. The maximum absolute atomic E-state index is 11.9. The van der Waals surface area contributed by atoms with Crippen molar-refractivity contribution < 1.29 is 21.6 Å². The van der Waals surface area contributed by atoms with Gasteiger partial charge in [-0.1, -0.05) is 0 Å². The summed E-state index contributed by atoms with van der Waals surface area (Å²) in [7, 11) is -3.73. The van der Waals surface area contributed by atoms with Crippen molar-refractivity contribution in [2.75, 3.05) is 13.1 Å². The van der Waals surface area contributed by atoms with E-state index in [1.54, 1.807) is 0 Å². The third kappa shape index (κ3) is 6.91. The summed E-state index contributed by atoms with van der Waals surface area (Å²) in [6, 6.07) is 0. The second kappa shape index (κ2) is 7.76. The van der Waals surface area contributed by atoms with E-state index >= 15 is 0 Å². The van der Waals surface area contributed by atoms with E-state index in [1.165, 1.54) is 17.1 Å². The summed E-state index contributed by atoms with van der Waals surface area (Å²) in [5.41, 5.74) is 5.34. The third-order valence-corrected chi connectivity index (χ3v) is 4.11. The number of nitrogens with one attached hydrogen (secondary N) is 1. The first-order chi connectivity index (χ1) is 9.74. The molecule has 1 heterocycles. The highest BCUT2D eigenvalue weighted by atomic mass is 32.2. The molecule has 0 aromatic carbocycles. The molecule has 1 aromatic heterocycles. The molecule has 0 unspecified atom stereocenters. The molecule has 0 saturated heterocycles. The number of hydrogen-bond acceptors (Lipinski definition) is 4. The molecule has 0 amide bonds. The molecule has 1 rings (SSSR count). The van der Waals surface area contributed by atoms with Gasteiger partial charge in [-0.05, 0) is 25.8 Å². The van der Waals surface area contributed by atoms with Gasteiger partial charge in [0.15, 0.2) is 0 Å². The Morgan fingerprint density at radius 1 is 1.29 bits per heavy atom. The zero-order chi connectivity index (χ0) is 15.9. The second-order valence-electron chi connectivity index (χ2n) is 4.55. The van der Waals surface area contributed by atoms with Crippen molar-refractivity contribution in [3.05, 3.63) is 12.4 Å². The topological polar surface area (TPSA) is 90.0 Å². The SMILES string of the molecule is NCCCn1cc(S(=O)(=O)NCCCCC(F)(F)F)cn1. The van der Waals surface area contributed by atoms with Crippen molar-refractivity contribution in [3.8, 4) is 0 Å². The van der Waals surface area contributed by atoms with Gasteiger partial charge in [-0.15, -0.1) is 0 Å². The normalized spacial score (nSPS) is 12.8. The predicted molar refractivity (Wildman–Crippen MR) is 71.0 cm³/mol. The van der Waals surface area contributed by atoms with Crippen molar-refractivity contribution in [1.29, 1.82) is 0 Å². The fourth-order valence-corrected chi connectivity index (χ4v) is 2.63. The molecule has 0 bridgehead atoms. The minimum atomic E-state index is -4.21.